The Hall–Kier alpha value is -0.160. The Morgan fingerprint density at radius 3 is 2.73 bits per heavy atom. The first kappa shape index (κ1) is 8.93. The Bertz CT molecular complexity index is 90.4. The molecule has 0 N–H and O–H groups in total. The smallest absolute Gasteiger partial charge is 0.275 e. The van der Waals surface area contributed by atoms with Gasteiger partial charge in [-0.3, -0.25) is 0 Å². The number of rotatable bonds is 4. The molecule has 0 aromatic rings. The van der Waals surface area contributed by atoms with Crippen LogP contribution < -0.4 is 0 Å². The highest BCUT2D eigenvalue weighted by Gasteiger charge is 2.13. The van der Waals surface area contributed by atoms with E-state index in [0.29, 0.717) is 6.61 Å². The molecular formula is C7H14O4. The van der Waals surface area contributed by atoms with E-state index in [1.54, 1.807) is 0 Å². The van der Waals surface area contributed by atoms with Crippen molar-refractivity contribution in [3.63, 3.8) is 0 Å². The number of hydrogen-bond acceptors (Lipinski definition) is 4. The lowest BCUT2D eigenvalue weighted by molar-refractivity contribution is -0.382. The zero-order valence-electron chi connectivity index (χ0n) is 6.75. The van der Waals surface area contributed by atoms with E-state index in [9.17, 15) is 0 Å². The van der Waals surface area contributed by atoms with Crippen LogP contribution in [0.5, 0.6) is 0 Å². The van der Waals surface area contributed by atoms with Gasteiger partial charge in [-0.05, 0) is 6.42 Å². The van der Waals surface area contributed by atoms with Gasteiger partial charge in [0.15, 0.2) is 13.6 Å². The fraction of sp³-hybridized carbons (Fsp3) is 1.00. The Morgan fingerprint density at radius 2 is 2.09 bits per heavy atom. The van der Waals surface area contributed by atoms with Gasteiger partial charge in [-0.1, -0.05) is 13.3 Å². The molecule has 0 aromatic carbocycles. The van der Waals surface area contributed by atoms with Crippen LogP contribution in [0.3, 0.4) is 0 Å². The topological polar surface area (TPSA) is 36.9 Å². The van der Waals surface area contributed by atoms with Crippen LogP contribution in [0.1, 0.15) is 19.8 Å². The second-order valence-electron chi connectivity index (χ2n) is 2.29. The summed E-state index contributed by atoms with van der Waals surface area (Å²) in [6.07, 6.45) is 2.15. The van der Waals surface area contributed by atoms with Crippen molar-refractivity contribution < 1.29 is 18.9 Å². The predicted molar refractivity (Wildman–Crippen MR) is 37.6 cm³/mol. The standard InChI is InChI=1S/C7H14O4/c1-2-3-4-9-7-10-5-8-6-11-7/h7H,2-6H2,1H3. The molecule has 1 saturated heterocycles. The van der Waals surface area contributed by atoms with Crippen LogP contribution in [0.15, 0.2) is 0 Å². The van der Waals surface area contributed by atoms with E-state index < -0.39 is 6.48 Å². The highest BCUT2D eigenvalue weighted by molar-refractivity contribution is 4.32. The van der Waals surface area contributed by atoms with Crippen LogP contribution in [-0.4, -0.2) is 26.7 Å². The number of ether oxygens (including phenoxy) is 4. The third-order valence-corrected chi connectivity index (χ3v) is 1.33. The summed E-state index contributed by atoms with van der Waals surface area (Å²) in [5.74, 6) is 0. The minimum absolute atomic E-state index is 0.261. The lowest BCUT2D eigenvalue weighted by Gasteiger charge is -2.22. The van der Waals surface area contributed by atoms with E-state index in [2.05, 4.69) is 6.92 Å². The second kappa shape index (κ2) is 5.49. The first-order chi connectivity index (χ1) is 5.43. The molecule has 0 radical (unpaired) electrons. The van der Waals surface area contributed by atoms with Crippen molar-refractivity contribution in [2.24, 2.45) is 0 Å². The Balaban J connectivity index is 1.96. The van der Waals surface area contributed by atoms with Gasteiger partial charge in [0.05, 0.1) is 6.61 Å². The van der Waals surface area contributed by atoms with Gasteiger partial charge < -0.3 is 18.9 Å². The third-order valence-electron chi connectivity index (χ3n) is 1.33. The van der Waals surface area contributed by atoms with Crippen molar-refractivity contribution in [2.45, 2.75) is 26.2 Å². The van der Waals surface area contributed by atoms with E-state index in [0.717, 1.165) is 12.8 Å². The molecule has 11 heavy (non-hydrogen) atoms. The van der Waals surface area contributed by atoms with E-state index in [1.807, 2.05) is 0 Å². The summed E-state index contributed by atoms with van der Waals surface area (Å²) in [5.41, 5.74) is 0. The van der Waals surface area contributed by atoms with Gasteiger partial charge in [0.2, 0.25) is 0 Å². The van der Waals surface area contributed by atoms with E-state index >= 15 is 0 Å². The van der Waals surface area contributed by atoms with Gasteiger partial charge >= 0.3 is 0 Å². The molecular weight excluding hydrogens is 148 g/mol. The van der Waals surface area contributed by atoms with Crippen molar-refractivity contribution in [2.75, 3.05) is 20.2 Å². The minimum Gasteiger partial charge on any atom is -0.330 e. The van der Waals surface area contributed by atoms with Crippen molar-refractivity contribution in [1.82, 2.24) is 0 Å². The highest BCUT2D eigenvalue weighted by Crippen LogP contribution is 2.04. The average molecular weight is 162 g/mol. The van der Waals surface area contributed by atoms with E-state index in [1.165, 1.54) is 0 Å². The first-order valence-electron chi connectivity index (χ1n) is 3.86. The van der Waals surface area contributed by atoms with Crippen molar-refractivity contribution >= 4 is 0 Å². The quantitative estimate of drug-likeness (QED) is 0.579. The molecule has 0 aromatic heterocycles. The van der Waals surface area contributed by atoms with Gasteiger partial charge in [0, 0.05) is 0 Å². The molecule has 1 aliphatic rings. The number of unbranched alkanes of at least 4 members (excludes halogenated alkanes) is 1. The Kier molecular flexibility index (Phi) is 4.45. The molecule has 4 heteroatoms. The third kappa shape index (κ3) is 3.67. The van der Waals surface area contributed by atoms with Gasteiger partial charge in [-0.2, -0.15) is 0 Å². The largest absolute Gasteiger partial charge is 0.330 e. The molecule has 66 valence electrons. The maximum atomic E-state index is 5.20. The van der Waals surface area contributed by atoms with Crippen LogP contribution in [0.25, 0.3) is 0 Å². The molecule has 1 heterocycles. The fourth-order valence-electron chi connectivity index (χ4n) is 0.710. The molecule has 1 aliphatic heterocycles. The van der Waals surface area contributed by atoms with Crippen molar-refractivity contribution in [1.29, 1.82) is 0 Å². The zero-order chi connectivity index (χ0) is 7.94. The maximum Gasteiger partial charge on any atom is 0.275 e. The molecule has 1 rings (SSSR count). The lowest BCUT2D eigenvalue weighted by Crippen LogP contribution is -2.29. The summed E-state index contributed by atoms with van der Waals surface area (Å²) in [4.78, 5) is 0. The first-order valence-corrected chi connectivity index (χ1v) is 3.86. The second-order valence-corrected chi connectivity index (χ2v) is 2.29. The molecule has 0 saturated carbocycles. The van der Waals surface area contributed by atoms with Crippen LogP contribution in [-0.2, 0) is 18.9 Å². The van der Waals surface area contributed by atoms with Gasteiger partial charge in [0.25, 0.3) is 6.48 Å². The molecule has 0 atom stereocenters. The molecule has 0 amide bonds. The summed E-state index contributed by atoms with van der Waals surface area (Å²) in [6.45, 7) is 2.79. The van der Waals surface area contributed by atoms with Crippen LogP contribution >= 0.6 is 0 Å². The Morgan fingerprint density at radius 1 is 1.36 bits per heavy atom. The van der Waals surface area contributed by atoms with Gasteiger partial charge in [-0.15, -0.1) is 0 Å². The summed E-state index contributed by atoms with van der Waals surface area (Å²) in [5, 5.41) is 0. The molecule has 0 unspecified atom stereocenters. The summed E-state index contributed by atoms with van der Waals surface area (Å²) in [6, 6.07) is 0. The summed E-state index contributed by atoms with van der Waals surface area (Å²) >= 11 is 0. The highest BCUT2D eigenvalue weighted by atomic mass is 16.9. The summed E-state index contributed by atoms with van der Waals surface area (Å²) in [7, 11) is 0. The molecule has 0 spiro atoms. The fourth-order valence-corrected chi connectivity index (χ4v) is 0.710. The van der Waals surface area contributed by atoms with Crippen LogP contribution in [0.4, 0.5) is 0 Å². The molecule has 1 fully saturated rings. The van der Waals surface area contributed by atoms with Crippen molar-refractivity contribution in [3.8, 4) is 0 Å². The van der Waals surface area contributed by atoms with Gasteiger partial charge in [-0.25, -0.2) is 0 Å². The monoisotopic (exact) mass is 162 g/mol. The van der Waals surface area contributed by atoms with E-state index in [-0.39, 0.29) is 13.6 Å². The number of hydrogen-bond donors (Lipinski definition) is 0. The van der Waals surface area contributed by atoms with E-state index in [4.69, 9.17) is 18.9 Å². The maximum absolute atomic E-state index is 5.20. The van der Waals surface area contributed by atoms with Crippen molar-refractivity contribution in [3.05, 3.63) is 0 Å². The van der Waals surface area contributed by atoms with Gasteiger partial charge in [0.1, 0.15) is 0 Å². The normalized spacial score (nSPS) is 20.5. The molecule has 4 nitrogen and oxygen atoms in total. The van der Waals surface area contributed by atoms with Crippen LogP contribution in [0.2, 0.25) is 0 Å². The molecule has 0 bridgehead atoms. The lowest BCUT2D eigenvalue weighted by atomic mass is 10.4. The van der Waals surface area contributed by atoms with Crippen LogP contribution in [0, 0.1) is 0 Å². The summed E-state index contributed by atoms with van der Waals surface area (Å²) < 4.78 is 19.9. The molecule has 0 aliphatic carbocycles. The average Bonchev–Trinajstić information content (AvgIpc) is 2.07. The zero-order valence-corrected chi connectivity index (χ0v) is 6.75. The minimum atomic E-state index is -0.518. The SMILES string of the molecule is CCCCOC1OCOCO1. The predicted octanol–water partition coefficient (Wildman–Crippen LogP) is 1.07. The Labute approximate surface area is 66.4 Å².